The van der Waals surface area contributed by atoms with Crippen LogP contribution in [0.15, 0.2) is 54.7 Å². The molecule has 4 atom stereocenters. The first-order valence-electron chi connectivity index (χ1n) is 16.0. The maximum atomic E-state index is 14.2. The number of aromatic hydroxyl groups is 1. The standard InChI is InChI=1S/C34H41ClN6O8/c1-40(28(31(36)46)16-20-9-11-22(42)12-10-20)33(48)26(17-21-19-37-24-7-3-2-6-23(21)24)39-32(47)27-8-4-5-15-41(27)34(49)25(13-14-30(44)45)38-29(43)18-35/h2-3,6-7,9-12,19,25-28,37,42H,4-5,8,13-18H2,1H3,(H2,36,46)(H,38,43)(H,39,47)(H,44,45)/t25?,26?,27-,28?/m0/s1. The largest absolute Gasteiger partial charge is 0.508 e. The third-order valence-electron chi connectivity index (χ3n) is 8.71. The first kappa shape index (κ1) is 36.7. The predicted molar refractivity (Wildman–Crippen MR) is 180 cm³/mol. The maximum Gasteiger partial charge on any atom is 0.303 e. The Morgan fingerprint density at radius 1 is 1.02 bits per heavy atom. The van der Waals surface area contributed by atoms with Crippen molar-refractivity contribution in [3.63, 3.8) is 0 Å². The summed E-state index contributed by atoms with van der Waals surface area (Å²) in [6, 6.07) is 9.08. The molecule has 49 heavy (non-hydrogen) atoms. The van der Waals surface area contributed by atoms with Crippen LogP contribution < -0.4 is 16.4 Å². The Labute approximate surface area is 287 Å². The van der Waals surface area contributed by atoms with Gasteiger partial charge >= 0.3 is 5.97 Å². The number of amides is 5. The van der Waals surface area contributed by atoms with Crippen molar-refractivity contribution < 1.29 is 39.0 Å². The molecular formula is C34H41ClN6O8. The molecular weight excluding hydrogens is 656 g/mol. The van der Waals surface area contributed by atoms with Crippen molar-refractivity contribution in [1.82, 2.24) is 25.4 Å². The van der Waals surface area contributed by atoms with Gasteiger partial charge in [0.05, 0.1) is 0 Å². The van der Waals surface area contributed by atoms with E-state index in [1.165, 1.54) is 29.0 Å². The van der Waals surface area contributed by atoms with Crippen LogP contribution in [0.4, 0.5) is 0 Å². The number of likely N-dealkylation sites (N-methyl/N-ethyl adjacent to an activating group) is 1. The van der Waals surface area contributed by atoms with Gasteiger partial charge in [0.15, 0.2) is 0 Å². The zero-order valence-corrected chi connectivity index (χ0v) is 27.8. The molecule has 15 heteroatoms. The molecule has 3 aromatic rings. The number of carbonyl (C=O) groups is 6. The molecule has 3 unspecified atom stereocenters. The van der Waals surface area contributed by atoms with Crippen LogP contribution in [-0.2, 0) is 41.6 Å². The number of aromatic nitrogens is 1. The number of hydrogen-bond donors (Lipinski definition) is 6. The second-order valence-corrected chi connectivity index (χ2v) is 12.4. The fourth-order valence-electron chi connectivity index (χ4n) is 6.10. The summed E-state index contributed by atoms with van der Waals surface area (Å²) in [5.41, 5.74) is 7.95. The van der Waals surface area contributed by atoms with Crippen LogP contribution in [-0.4, -0.2) is 104 Å². The number of carboxylic acid groups (broad SMARTS) is 1. The van der Waals surface area contributed by atoms with Crippen LogP contribution in [0.1, 0.15) is 43.2 Å². The quantitative estimate of drug-likeness (QED) is 0.128. The molecule has 0 radical (unpaired) electrons. The Kier molecular flexibility index (Phi) is 12.6. The van der Waals surface area contributed by atoms with E-state index in [0.29, 0.717) is 18.4 Å². The van der Waals surface area contributed by atoms with E-state index in [2.05, 4.69) is 15.6 Å². The van der Waals surface area contributed by atoms with Gasteiger partial charge in [0.25, 0.3) is 0 Å². The number of carbonyl (C=O) groups excluding carboxylic acids is 5. The average molecular weight is 697 g/mol. The number of fused-ring (bicyclic) bond motifs is 1. The van der Waals surface area contributed by atoms with Crippen molar-refractivity contribution in [3.8, 4) is 5.75 Å². The summed E-state index contributed by atoms with van der Waals surface area (Å²) >= 11 is 5.63. The molecule has 7 N–H and O–H groups in total. The molecule has 1 fully saturated rings. The lowest BCUT2D eigenvalue weighted by molar-refractivity contribution is -0.147. The molecule has 0 bridgehead atoms. The number of benzene rings is 2. The lowest BCUT2D eigenvalue weighted by atomic mass is 9.97. The molecule has 5 amide bonds. The summed E-state index contributed by atoms with van der Waals surface area (Å²) in [6.07, 6.45) is 2.67. The number of nitrogens with zero attached hydrogens (tertiary/aromatic N) is 2. The number of rotatable bonds is 15. The van der Waals surface area contributed by atoms with Crippen molar-refractivity contribution in [1.29, 1.82) is 0 Å². The number of para-hydroxylation sites is 1. The molecule has 2 aromatic carbocycles. The summed E-state index contributed by atoms with van der Waals surface area (Å²) in [4.78, 5) is 83.6. The minimum Gasteiger partial charge on any atom is -0.508 e. The number of alkyl halides is 1. The number of phenols is 1. The molecule has 14 nitrogen and oxygen atoms in total. The van der Waals surface area contributed by atoms with E-state index in [-0.39, 0.29) is 38.0 Å². The van der Waals surface area contributed by atoms with Crippen LogP contribution >= 0.6 is 11.6 Å². The van der Waals surface area contributed by atoms with Gasteiger partial charge < -0.3 is 41.4 Å². The number of nitrogens with one attached hydrogen (secondary N) is 3. The molecule has 2 heterocycles. The molecule has 0 saturated carbocycles. The minimum atomic E-state index is -1.22. The van der Waals surface area contributed by atoms with Crippen molar-refractivity contribution in [3.05, 3.63) is 65.9 Å². The number of primary amides is 1. The zero-order valence-electron chi connectivity index (χ0n) is 27.1. The Hall–Kier alpha value is -5.11. The minimum absolute atomic E-state index is 0.0372. The number of aliphatic carboxylic acids is 1. The van der Waals surface area contributed by atoms with E-state index in [4.69, 9.17) is 17.3 Å². The highest BCUT2D eigenvalue weighted by atomic mass is 35.5. The molecule has 1 aliphatic heterocycles. The second-order valence-electron chi connectivity index (χ2n) is 12.1. The predicted octanol–water partition coefficient (Wildman–Crippen LogP) is 1.43. The highest BCUT2D eigenvalue weighted by molar-refractivity contribution is 6.27. The van der Waals surface area contributed by atoms with Gasteiger partial charge in [-0.15, -0.1) is 11.6 Å². The van der Waals surface area contributed by atoms with Crippen LogP contribution in [0, 0.1) is 0 Å². The smallest absolute Gasteiger partial charge is 0.303 e. The van der Waals surface area contributed by atoms with Gasteiger partial charge in [-0.1, -0.05) is 30.3 Å². The number of carboxylic acids is 1. The van der Waals surface area contributed by atoms with Gasteiger partial charge in [0.1, 0.15) is 35.8 Å². The monoisotopic (exact) mass is 696 g/mol. The van der Waals surface area contributed by atoms with Crippen LogP contribution in [0.25, 0.3) is 10.9 Å². The van der Waals surface area contributed by atoms with Gasteiger partial charge in [0, 0.05) is 50.0 Å². The van der Waals surface area contributed by atoms with Crippen molar-refractivity contribution in [2.45, 2.75) is 69.1 Å². The van der Waals surface area contributed by atoms with Gasteiger partial charge in [0.2, 0.25) is 29.5 Å². The van der Waals surface area contributed by atoms with E-state index in [1.54, 1.807) is 18.3 Å². The summed E-state index contributed by atoms with van der Waals surface area (Å²) < 4.78 is 0. The third-order valence-corrected chi connectivity index (χ3v) is 8.96. The number of phenolic OH excluding ortho intramolecular Hbond substituents is 1. The Morgan fingerprint density at radius 2 is 1.73 bits per heavy atom. The number of halogens is 1. The van der Waals surface area contributed by atoms with E-state index < -0.39 is 72.0 Å². The molecule has 1 saturated heterocycles. The summed E-state index contributed by atoms with van der Waals surface area (Å²) in [5, 5.41) is 25.0. The van der Waals surface area contributed by atoms with Crippen LogP contribution in [0.2, 0.25) is 0 Å². The van der Waals surface area contributed by atoms with E-state index in [9.17, 15) is 39.0 Å². The summed E-state index contributed by atoms with van der Waals surface area (Å²) in [5.74, 6) is -4.82. The van der Waals surface area contributed by atoms with Crippen LogP contribution in [0.3, 0.4) is 0 Å². The topological polar surface area (TPSA) is 215 Å². The number of H-pyrrole nitrogens is 1. The second kappa shape index (κ2) is 16.8. The number of hydrogen-bond acceptors (Lipinski definition) is 7. The Balaban J connectivity index is 1.62. The van der Waals surface area contributed by atoms with Gasteiger partial charge in [-0.25, -0.2) is 0 Å². The number of likely N-dealkylation sites (tertiary alicyclic amines) is 1. The third kappa shape index (κ3) is 9.50. The molecule has 262 valence electrons. The SMILES string of the molecule is CN(C(=O)C(Cc1c[nH]c2ccccc12)NC(=O)[C@@H]1CCCCN1C(=O)C(CCC(=O)O)NC(=O)CCl)C(Cc1ccc(O)cc1)C(N)=O. The molecule has 1 aromatic heterocycles. The first-order chi connectivity index (χ1) is 23.4. The lowest BCUT2D eigenvalue weighted by Gasteiger charge is -2.38. The highest BCUT2D eigenvalue weighted by Gasteiger charge is 2.39. The van der Waals surface area contributed by atoms with Gasteiger partial charge in [-0.05, 0) is 55.0 Å². The molecule has 0 aliphatic carbocycles. The zero-order chi connectivity index (χ0) is 35.7. The van der Waals surface area contributed by atoms with Gasteiger partial charge in [-0.3, -0.25) is 28.8 Å². The van der Waals surface area contributed by atoms with E-state index >= 15 is 0 Å². The van der Waals surface area contributed by atoms with Crippen LogP contribution in [0.5, 0.6) is 5.75 Å². The normalized spacial score (nSPS) is 16.3. The van der Waals surface area contributed by atoms with Crippen molar-refractivity contribution in [2.24, 2.45) is 5.73 Å². The Morgan fingerprint density at radius 3 is 2.41 bits per heavy atom. The number of aromatic amines is 1. The fraction of sp³-hybridized carbons (Fsp3) is 0.412. The van der Waals surface area contributed by atoms with E-state index in [1.807, 2.05) is 24.3 Å². The molecule has 1 aliphatic rings. The molecule has 0 spiro atoms. The maximum absolute atomic E-state index is 14.2. The fourth-order valence-corrected chi connectivity index (χ4v) is 6.17. The number of piperidine rings is 1. The summed E-state index contributed by atoms with van der Waals surface area (Å²) in [6.45, 7) is 0.175. The van der Waals surface area contributed by atoms with Crippen molar-refractivity contribution in [2.75, 3.05) is 19.5 Å². The lowest BCUT2D eigenvalue weighted by Crippen LogP contribution is -2.61. The van der Waals surface area contributed by atoms with Crippen molar-refractivity contribution >= 4 is 58.0 Å². The molecule has 4 rings (SSSR count). The Bertz CT molecular complexity index is 1680. The van der Waals surface area contributed by atoms with Gasteiger partial charge in [-0.2, -0.15) is 0 Å². The first-order valence-corrected chi connectivity index (χ1v) is 16.5. The van der Waals surface area contributed by atoms with E-state index in [0.717, 1.165) is 16.5 Å². The number of nitrogens with two attached hydrogens (primary N) is 1. The average Bonchev–Trinajstić information content (AvgIpc) is 3.50. The highest BCUT2D eigenvalue weighted by Crippen LogP contribution is 2.23. The summed E-state index contributed by atoms with van der Waals surface area (Å²) in [7, 11) is 1.43.